The third-order valence-corrected chi connectivity index (χ3v) is 1.84. The van der Waals surface area contributed by atoms with Gasteiger partial charge in [-0.1, -0.05) is 0 Å². The first kappa shape index (κ1) is 11.6. The van der Waals surface area contributed by atoms with Crippen molar-refractivity contribution in [3.8, 4) is 5.75 Å². The van der Waals surface area contributed by atoms with E-state index in [0.29, 0.717) is 5.56 Å². The smallest absolute Gasteiger partial charge is 0.251 e. The molecule has 0 unspecified atom stereocenters. The van der Waals surface area contributed by atoms with E-state index in [1.807, 2.05) is 20.8 Å². The topological polar surface area (TPSA) is 38.3 Å². The van der Waals surface area contributed by atoms with E-state index < -0.39 is 0 Å². The number of benzene rings is 1. The second-order valence-corrected chi connectivity index (χ2v) is 4.43. The van der Waals surface area contributed by atoms with Crippen molar-refractivity contribution < 1.29 is 9.53 Å². The number of rotatable bonds is 2. The van der Waals surface area contributed by atoms with Crippen LogP contribution in [0.2, 0.25) is 0 Å². The van der Waals surface area contributed by atoms with E-state index in [0.717, 1.165) is 5.75 Å². The first-order valence-corrected chi connectivity index (χ1v) is 4.89. The fourth-order valence-corrected chi connectivity index (χ4v) is 1.16. The maximum absolute atomic E-state index is 11.7. The van der Waals surface area contributed by atoms with Crippen LogP contribution in [0, 0.1) is 0 Å². The van der Waals surface area contributed by atoms with Crippen molar-refractivity contribution in [1.82, 2.24) is 5.32 Å². The zero-order valence-corrected chi connectivity index (χ0v) is 9.63. The number of ether oxygens (including phenoxy) is 1. The van der Waals surface area contributed by atoms with Crippen LogP contribution >= 0.6 is 0 Å². The Hall–Kier alpha value is -1.51. The van der Waals surface area contributed by atoms with E-state index in [9.17, 15) is 4.79 Å². The molecule has 15 heavy (non-hydrogen) atoms. The van der Waals surface area contributed by atoms with Crippen LogP contribution in [0.1, 0.15) is 31.1 Å². The van der Waals surface area contributed by atoms with Gasteiger partial charge < -0.3 is 10.1 Å². The van der Waals surface area contributed by atoms with E-state index in [4.69, 9.17) is 4.74 Å². The lowest BCUT2D eigenvalue weighted by molar-refractivity contribution is 0.0919. The SMILES string of the molecule is COc1ccc(C(=O)NC(C)(C)C)cc1. The number of methoxy groups -OCH3 is 1. The minimum absolute atomic E-state index is 0.0647. The van der Waals surface area contributed by atoms with E-state index in [2.05, 4.69) is 5.32 Å². The lowest BCUT2D eigenvalue weighted by Crippen LogP contribution is -2.40. The van der Waals surface area contributed by atoms with Gasteiger partial charge in [-0.15, -0.1) is 0 Å². The second-order valence-electron chi connectivity index (χ2n) is 4.43. The summed E-state index contributed by atoms with van der Waals surface area (Å²) < 4.78 is 5.02. The van der Waals surface area contributed by atoms with Crippen LogP contribution in [-0.2, 0) is 0 Å². The van der Waals surface area contributed by atoms with Gasteiger partial charge in [-0.3, -0.25) is 4.79 Å². The van der Waals surface area contributed by atoms with Crippen LogP contribution in [-0.4, -0.2) is 18.6 Å². The predicted octanol–water partition coefficient (Wildman–Crippen LogP) is 2.22. The van der Waals surface area contributed by atoms with Gasteiger partial charge in [0.2, 0.25) is 0 Å². The number of carbonyl (C=O) groups is 1. The van der Waals surface area contributed by atoms with Gasteiger partial charge in [0.15, 0.2) is 0 Å². The lowest BCUT2D eigenvalue weighted by Gasteiger charge is -2.20. The monoisotopic (exact) mass is 207 g/mol. The van der Waals surface area contributed by atoms with Gasteiger partial charge in [0, 0.05) is 11.1 Å². The standard InChI is InChI=1S/C12H17NO2/c1-12(2,3)13-11(14)9-5-7-10(15-4)8-6-9/h5-8H,1-4H3,(H,13,14). The second kappa shape index (κ2) is 4.34. The number of hydrogen-bond acceptors (Lipinski definition) is 2. The molecular formula is C12H17NO2. The highest BCUT2D eigenvalue weighted by atomic mass is 16.5. The number of amides is 1. The molecule has 0 aliphatic rings. The molecule has 0 atom stereocenters. The van der Waals surface area contributed by atoms with Crippen molar-refractivity contribution in [3.05, 3.63) is 29.8 Å². The van der Waals surface area contributed by atoms with Crippen molar-refractivity contribution in [3.63, 3.8) is 0 Å². The molecule has 0 aliphatic carbocycles. The summed E-state index contributed by atoms with van der Waals surface area (Å²) in [5, 5.41) is 2.89. The Labute approximate surface area is 90.4 Å². The maximum atomic E-state index is 11.7. The molecule has 0 saturated heterocycles. The van der Waals surface area contributed by atoms with E-state index >= 15 is 0 Å². The highest BCUT2D eigenvalue weighted by molar-refractivity contribution is 5.94. The van der Waals surface area contributed by atoms with Crippen LogP contribution in [0.5, 0.6) is 5.75 Å². The third-order valence-electron chi connectivity index (χ3n) is 1.84. The normalized spacial score (nSPS) is 10.9. The van der Waals surface area contributed by atoms with Crippen molar-refractivity contribution >= 4 is 5.91 Å². The molecule has 0 aromatic heterocycles. The van der Waals surface area contributed by atoms with Crippen LogP contribution < -0.4 is 10.1 Å². The maximum Gasteiger partial charge on any atom is 0.251 e. The largest absolute Gasteiger partial charge is 0.497 e. The molecule has 3 nitrogen and oxygen atoms in total. The van der Waals surface area contributed by atoms with Crippen molar-refractivity contribution in [2.24, 2.45) is 0 Å². The zero-order chi connectivity index (χ0) is 11.5. The number of carbonyl (C=O) groups excluding carboxylic acids is 1. The molecule has 0 spiro atoms. The molecule has 1 rings (SSSR count). The summed E-state index contributed by atoms with van der Waals surface area (Å²) in [5.41, 5.74) is 0.433. The molecule has 3 heteroatoms. The fraction of sp³-hybridized carbons (Fsp3) is 0.417. The first-order valence-electron chi connectivity index (χ1n) is 4.89. The molecule has 1 N–H and O–H groups in total. The molecule has 82 valence electrons. The Balaban J connectivity index is 2.75. The molecule has 1 amide bonds. The molecule has 0 bridgehead atoms. The minimum atomic E-state index is -0.211. The summed E-state index contributed by atoms with van der Waals surface area (Å²) in [6.07, 6.45) is 0. The van der Waals surface area contributed by atoms with Gasteiger partial charge in [-0.25, -0.2) is 0 Å². The molecule has 1 aromatic rings. The Kier molecular flexibility index (Phi) is 3.35. The molecule has 0 radical (unpaired) electrons. The highest BCUT2D eigenvalue weighted by Gasteiger charge is 2.14. The summed E-state index contributed by atoms with van der Waals surface area (Å²) in [6.45, 7) is 5.86. The average Bonchev–Trinajstić information content (AvgIpc) is 2.15. The Morgan fingerprint density at radius 3 is 2.13 bits per heavy atom. The van der Waals surface area contributed by atoms with Crippen LogP contribution in [0.4, 0.5) is 0 Å². The molecule has 0 fully saturated rings. The van der Waals surface area contributed by atoms with E-state index in [1.54, 1.807) is 31.4 Å². The van der Waals surface area contributed by atoms with Crippen molar-refractivity contribution in [1.29, 1.82) is 0 Å². The molecular weight excluding hydrogens is 190 g/mol. The van der Waals surface area contributed by atoms with Gasteiger partial charge in [0.05, 0.1) is 7.11 Å². The van der Waals surface area contributed by atoms with Crippen LogP contribution in [0.25, 0.3) is 0 Å². The molecule has 0 saturated carbocycles. The lowest BCUT2D eigenvalue weighted by atomic mass is 10.1. The van der Waals surface area contributed by atoms with Gasteiger partial charge in [-0.2, -0.15) is 0 Å². The number of hydrogen-bond donors (Lipinski definition) is 1. The van der Waals surface area contributed by atoms with Gasteiger partial charge in [0.25, 0.3) is 5.91 Å². The summed E-state index contributed by atoms with van der Waals surface area (Å²) >= 11 is 0. The molecule has 0 aliphatic heterocycles. The Morgan fingerprint density at radius 2 is 1.73 bits per heavy atom. The summed E-state index contributed by atoms with van der Waals surface area (Å²) in [6, 6.07) is 7.05. The summed E-state index contributed by atoms with van der Waals surface area (Å²) in [5.74, 6) is 0.687. The van der Waals surface area contributed by atoms with E-state index in [-0.39, 0.29) is 11.4 Å². The minimum Gasteiger partial charge on any atom is -0.497 e. The van der Waals surface area contributed by atoms with Crippen LogP contribution in [0.15, 0.2) is 24.3 Å². The molecule has 0 heterocycles. The average molecular weight is 207 g/mol. The highest BCUT2D eigenvalue weighted by Crippen LogP contribution is 2.12. The zero-order valence-electron chi connectivity index (χ0n) is 9.63. The van der Waals surface area contributed by atoms with Crippen molar-refractivity contribution in [2.75, 3.05) is 7.11 Å². The first-order chi connectivity index (χ1) is 6.92. The number of nitrogens with one attached hydrogen (secondary N) is 1. The van der Waals surface area contributed by atoms with E-state index in [1.165, 1.54) is 0 Å². The Morgan fingerprint density at radius 1 is 1.20 bits per heavy atom. The third kappa shape index (κ3) is 3.62. The van der Waals surface area contributed by atoms with Gasteiger partial charge >= 0.3 is 0 Å². The quantitative estimate of drug-likeness (QED) is 0.807. The summed E-state index contributed by atoms with van der Waals surface area (Å²) in [4.78, 5) is 11.7. The predicted molar refractivity (Wildman–Crippen MR) is 60.2 cm³/mol. The van der Waals surface area contributed by atoms with Gasteiger partial charge in [-0.05, 0) is 45.0 Å². The molecule has 1 aromatic carbocycles. The van der Waals surface area contributed by atoms with Gasteiger partial charge in [0.1, 0.15) is 5.75 Å². The van der Waals surface area contributed by atoms with Crippen LogP contribution in [0.3, 0.4) is 0 Å². The van der Waals surface area contributed by atoms with Crippen molar-refractivity contribution in [2.45, 2.75) is 26.3 Å². The fourth-order valence-electron chi connectivity index (χ4n) is 1.16. The summed E-state index contributed by atoms with van der Waals surface area (Å²) in [7, 11) is 1.60. The Bertz CT molecular complexity index is 336.